The average molecular weight is 650 g/mol. The van der Waals surface area contributed by atoms with Gasteiger partial charge in [-0.3, -0.25) is 14.4 Å². The van der Waals surface area contributed by atoms with Gasteiger partial charge >= 0.3 is 0 Å². The molecule has 2 aromatic carbocycles. The molecular formula is C32H40ClNO11. The number of ether oxygens (including phenoxy) is 3. The Kier molecular flexibility index (Phi) is 10.6. The Balaban J connectivity index is 0.00000461. The third kappa shape index (κ3) is 6.08. The first-order valence-electron chi connectivity index (χ1n) is 14.9. The van der Waals surface area contributed by atoms with Crippen molar-refractivity contribution in [3.8, 4) is 17.2 Å². The van der Waals surface area contributed by atoms with E-state index in [4.69, 9.17) is 14.2 Å². The van der Waals surface area contributed by atoms with E-state index < -0.39 is 95.7 Å². The normalized spacial score (nSPS) is 27.2. The van der Waals surface area contributed by atoms with E-state index in [1.54, 1.807) is 6.92 Å². The molecule has 0 aromatic heterocycles. The summed E-state index contributed by atoms with van der Waals surface area (Å²) in [4.78, 5) is 40.2. The van der Waals surface area contributed by atoms with Gasteiger partial charge in [-0.25, -0.2) is 0 Å². The van der Waals surface area contributed by atoms with Gasteiger partial charge < -0.3 is 45.1 Å². The van der Waals surface area contributed by atoms with Gasteiger partial charge in [-0.2, -0.15) is 0 Å². The predicted octanol–water partition coefficient (Wildman–Crippen LogP) is 2.24. The number of benzene rings is 2. The lowest BCUT2D eigenvalue weighted by Gasteiger charge is -2.43. The van der Waals surface area contributed by atoms with Gasteiger partial charge in [-0.05, 0) is 26.0 Å². The van der Waals surface area contributed by atoms with Crippen LogP contribution in [0.2, 0.25) is 0 Å². The number of carbonyl (C=O) groups excluding carboxylic acids is 3. The molecular weight excluding hydrogens is 610 g/mol. The second-order valence-corrected chi connectivity index (χ2v) is 11.8. The number of carbonyl (C=O) groups is 3. The Labute approximate surface area is 266 Å². The van der Waals surface area contributed by atoms with Crippen molar-refractivity contribution in [2.75, 3.05) is 20.3 Å². The minimum atomic E-state index is -2.23. The van der Waals surface area contributed by atoms with Gasteiger partial charge in [-0.1, -0.05) is 31.9 Å². The van der Waals surface area contributed by atoms with Crippen molar-refractivity contribution in [1.29, 1.82) is 0 Å². The SMILES string of the molecule is CCCCCNC1CC(OC2CC(O)(C(=O)CO)Cc3c(O)c4c(c(O)c32)C(=O)c2c(OC)cccc2C4=O)OC(C)C1O.Cl. The molecule has 0 saturated carbocycles. The average Bonchev–Trinajstić information content (AvgIpc) is 3.00. The number of aliphatic hydroxyl groups is 3. The summed E-state index contributed by atoms with van der Waals surface area (Å²) in [5.74, 6) is -3.66. The number of phenols is 2. The molecule has 1 fully saturated rings. The van der Waals surface area contributed by atoms with Crippen LogP contribution in [0.25, 0.3) is 0 Å². The van der Waals surface area contributed by atoms with E-state index >= 15 is 0 Å². The molecule has 12 nitrogen and oxygen atoms in total. The zero-order valence-electron chi connectivity index (χ0n) is 25.4. The van der Waals surface area contributed by atoms with E-state index in [0.717, 1.165) is 19.3 Å². The van der Waals surface area contributed by atoms with Gasteiger partial charge in [0, 0.05) is 42.0 Å². The third-order valence-corrected chi connectivity index (χ3v) is 8.95. The summed E-state index contributed by atoms with van der Waals surface area (Å²) >= 11 is 0. The topological polar surface area (TPSA) is 192 Å². The number of ketones is 3. The summed E-state index contributed by atoms with van der Waals surface area (Å²) in [5, 5.41) is 58.3. The van der Waals surface area contributed by atoms with Crippen molar-refractivity contribution < 1.29 is 54.1 Å². The zero-order chi connectivity index (χ0) is 31.9. The molecule has 13 heteroatoms. The molecule has 0 spiro atoms. The predicted molar refractivity (Wildman–Crippen MR) is 162 cm³/mol. The van der Waals surface area contributed by atoms with Crippen LogP contribution in [0.3, 0.4) is 0 Å². The quantitative estimate of drug-likeness (QED) is 0.139. The Morgan fingerprint density at radius 3 is 2.49 bits per heavy atom. The summed E-state index contributed by atoms with van der Waals surface area (Å²) in [5.41, 5.74) is -3.49. The van der Waals surface area contributed by atoms with Crippen LogP contribution in [0.4, 0.5) is 0 Å². The van der Waals surface area contributed by atoms with Crippen LogP contribution in [0.5, 0.6) is 17.2 Å². The first-order chi connectivity index (χ1) is 21.0. The van der Waals surface area contributed by atoms with Gasteiger partial charge in [0.2, 0.25) is 5.78 Å². The largest absolute Gasteiger partial charge is 0.507 e. The molecule has 45 heavy (non-hydrogen) atoms. The number of halogens is 1. The van der Waals surface area contributed by atoms with Crippen LogP contribution in [0.15, 0.2) is 18.2 Å². The highest BCUT2D eigenvalue weighted by molar-refractivity contribution is 6.31. The number of aromatic hydroxyl groups is 2. The molecule has 5 rings (SSSR count). The second kappa shape index (κ2) is 13.7. The van der Waals surface area contributed by atoms with Crippen LogP contribution >= 0.6 is 12.4 Å². The number of aliphatic hydroxyl groups excluding tert-OH is 2. The number of unbranched alkanes of at least 4 members (excludes halogenated alkanes) is 2. The van der Waals surface area contributed by atoms with Gasteiger partial charge in [0.05, 0.1) is 42.1 Å². The van der Waals surface area contributed by atoms with Crippen molar-refractivity contribution in [3.05, 3.63) is 51.6 Å². The smallest absolute Gasteiger partial charge is 0.202 e. The van der Waals surface area contributed by atoms with E-state index in [1.165, 1.54) is 25.3 Å². The van der Waals surface area contributed by atoms with E-state index in [9.17, 15) is 39.9 Å². The summed E-state index contributed by atoms with van der Waals surface area (Å²) in [6.45, 7) is 3.42. The highest BCUT2D eigenvalue weighted by Crippen LogP contribution is 2.52. The third-order valence-electron chi connectivity index (χ3n) is 8.95. The second-order valence-electron chi connectivity index (χ2n) is 11.8. The Bertz CT molecular complexity index is 1480. The Morgan fingerprint density at radius 1 is 1.11 bits per heavy atom. The van der Waals surface area contributed by atoms with E-state index in [-0.39, 0.29) is 46.8 Å². The maximum absolute atomic E-state index is 13.8. The van der Waals surface area contributed by atoms with Crippen LogP contribution < -0.4 is 10.1 Å². The van der Waals surface area contributed by atoms with Gasteiger partial charge in [0.15, 0.2) is 17.9 Å². The number of rotatable bonds is 10. The van der Waals surface area contributed by atoms with Crippen molar-refractivity contribution in [1.82, 2.24) is 5.32 Å². The number of phenolic OH excluding ortho intramolecular Hbond substituents is 2. The lowest BCUT2D eigenvalue weighted by Crippen LogP contribution is -2.54. The molecule has 0 amide bonds. The molecule has 3 aliphatic rings. The monoisotopic (exact) mass is 649 g/mol. The Morgan fingerprint density at radius 2 is 1.82 bits per heavy atom. The summed E-state index contributed by atoms with van der Waals surface area (Å²) in [7, 11) is 1.34. The first kappa shape index (κ1) is 34.8. The van der Waals surface area contributed by atoms with Crippen molar-refractivity contribution in [2.24, 2.45) is 0 Å². The van der Waals surface area contributed by atoms with Crippen LogP contribution in [0, 0.1) is 0 Å². The molecule has 0 radical (unpaired) electrons. The molecule has 0 bridgehead atoms. The maximum atomic E-state index is 13.8. The molecule has 246 valence electrons. The molecule has 1 heterocycles. The number of hydrogen-bond donors (Lipinski definition) is 6. The molecule has 1 aliphatic heterocycles. The molecule has 2 aliphatic carbocycles. The molecule has 6 N–H and O–H groups in total. The molecule has 1 saturated heterocycles. The van der Waals surface area contributed by atoms with E-state index in [0.29, 0.717) is 6.54 Å². The highest BCUT2D eigenvalue weighted by atomic mass is 35.5. The number of fused-ring (bicyclic) bond motifs is 3. The van der Waals surface area contributed by atoms with Gasteiger partial charge in [0.25, 0.3) is 0 Å². The van der Waals surface area contributed by atoms with Crippen molar-refractivity contribution >= 4 is 29.8 Å². The zero-order valence-corrected chi connectivity index (χ0v) is 26.2. The molecule has 2 aromatic rings. The minimum Gasteiger partial charge on any atom is -0.507 e. The molecule has 6 atom stereocenters. The van der Waals surface area contributed by atoms with Gasteiger partial charge in [-0.15, -0.1) is 12.4 Å². The summed E-state index contributed by atoms with van der Waals surface area (Å²) < 4.78 is 17.5. The van der Waals surface area contributed by atoms with Crippen molar-refractivity contribution in [2.45, 2.75) is 88.6 Å². The van der Waals surface area contributed by atoms with Crippen LogP contribution in [-0.4, -0.2) is 93.3 Å². The maximum Gasteiger partial charge on any atom is 0.202 e. The summed E-state index contributed by atoms with van der Waals surface area (Å²) in [6.07, 6.45) is -1.67. The lowest BCUT2D eigenvalue weighted by atomic mass is 9.72. The Hall–Kier alpha value is -3.10. The van der Waals surface area contributed by atoms with Gasteiger partial charge in [0.1, 0.15) is 29.5 Å². The number of methoxy groups -OCH3 is 1. The van der Waals surface area contributed by atoms with E-state index in [1.807, 2.05) is 0 Å². The highest BCUT2D eigenvalue weighted by Gasteiger charge is 2.50. The van der Waals surface area contributed by atoms with Crippen LogP contribution in [0.1, 0.15) is 95.0 Å². The number of Topliss-reactive ketones (excluding diaryl/α,β-unsaturated/α-hetero) is 1. The lowest BCUT2D eigenvalue weighted by molar-refractivity contribution is -0.249. The van der Waals surface area contributed by atoms with Crippen molar-refractivity contribution in [3.63, 3.8) is 0 Å². The fourth-order valence-corrected chi connectivity index (χ4v) is 6.58. The fourth-order valence-electron chi connectivity index (χ4n) is 6.58. The standard InChI is InChI=1S/C32H39NO11.ClH/c1-4-5-6-10-33-18-11-22(43-15(2)27(18)36)44-20-13-32(41,21(35)14-34)12-17-24(20)31(40)26-25(29(17)38)28(37)16-8-7-9-19(42-3)23(16)30(26)39;/h7-9,15,18,20,22,27,33-34,36,38,40-41H,4-6,10-14H2,1-3H3;1H. The number of hydrogen-bond acceptors (Lipinski definition) is 12. The first-order valence-corrected chi connectivity index (χ1v) is 14.9. The minimum absolute atomic E-state index is 0. The fraction of sp³-hybridized carbons (Fsp3) is 0.531. The molecule has 6 unspecified atom stereocenters. The van der Waals surface area contributed by atoms with Crippen LogP contribution in [-0.2, 0) is 20.7 Å². The summed E-state index contributed by atoms with van der Waals surface area (Å²) in [6, 6.07) is 4.01. The number of nitrogens with one attached hydrogen (secondary N) is 1. The van der Waals surface area contributed by atoms with E-state index in [2.05, 4.69) is 12.2 Å².